The van der Waals surface area contributed by atoms with Crippen LogP contribution in [0, 0.1) is 5.82 Å². The molecule has 0 bridgehead atoms. The fourth-order valence-electron chi connectivity index (χ4n) is 3.55. The molecule has 8 heteroatoms. The first kappa shape index (κ1) is 16.2. The van der Waals surface area contributed by atoms with Crippen molar-refractivity contribution >= 4 is 5.91 Å². The zero-order valence-electron chi connectivity index (χ0n) is 14.7. The molecule has 2 aliphatic rings. The summed E-state index contributed by atoms with van der Waals surface area (Å²) in [6, 6.07) is 7.92. The number of nitrogens with zero attached hydrogens (tertiary/aromatic N) is 5. The average molecular weight is 366 g/mol. The topological polar surface area (TPSA) is 79.7 Å². The highest BCUT2D eigenvalue weighted by Gasteiger charge is 2.32. The zero-order valence-corrected chi connectivity index (χ0v) is 14.7. The number of nitrogens with one attached hydrogen (secondary N) is 1. The standard InChI is InChI=1S/C19H19FN6O/c20-14-5-3-12(4-6-14)16-9-17(22-21-16)19(27)25-8-7-15(10-25)26-11-18(23-24-26)13-1-2-13/h3-6,9,11,13,15H,1-2,7-8,10H2,(H,21,22)/t15-/m0/s1. The van der Waals surface area contributed by atoms with Crippen LogP contribution in [0.3, 0.4) is 0 Å². The number of halogens is 1. The number of benzene rings is 1. The Morgan fingerprint density at radius 1 is 1.19 bits per heavy atom. The maximum atomic E-state index is 13.1. The minimum Gasteiger partial charge on any atom is -0.335 e. The molecule has 27 heavy (non-hydrogen) atoms. The number of carbonyl (C=O) groups excluding carboxylic acids is 1. The predicted molar refractivity (Wildman–Crippen MR) is 95.5 cm³/mol. The molecule has 3 heterocycles. The summed E-state index contributed by atoms with van der Waals surface area (Å²) in [5.41, 5.74) is 2.89. The van der Waals surface area contributed by atoms with Gasteiger partial charge in [0.15, 0.2) is 0 Å². The molecule has 0 spiro atoms. The number of aromatic amines is 1. The summed E-state index contributed by atoms with van der Waals surface area (Å²) >= 11 is 0. The second-order valence-electron chi connectivity index (χ2n) is 7.27. The monoisotopic (exact) mass is 366 g/mol. The van der Waals surface area contributed by atoms with Crippen LogP contribution in [0.1, 0.15) is 47.4 Å². The van der Waals surface area contributed by atoms with Crippen LogP contribution in [0.2, 0.25) is 0 Å². The normalized spacial score (nSPS) is 19.6. The van der Waals surface area contributed by atoms with Crippen LogP contribution in [-0.2, 0) is 0 Å². The molecule has 1 aliphatic carbocycles. The largest absolute Gasteiger partial charge is 0.335 e. The molecule has 1 aromatic carbocycles. The first-order chi connectivity index (χ1) is 13.2. The molecule has 1 amide bonds. The van der Waals surface area contributed by atoms with Crippen molar-refractivity contribution in [2.75, 3.05) is 13.1 Å². The number of likely N-dealkylation sites (tertiary alicyclic amines) is 1. The summed E-state index contributed by atoms with van der Waals surface area (Å²) in [4.78, 5) is 14.6. The van der Waals surface area contributed by atoms with E-state index in [1.165, 1.54) is 25.0 Å². The molecule has 1 aliphatic heterocycles. The van der Waals surface area contributed by atoms with Gasteiger partial charge in [0.1, 0.15) is 11.5 Å². The van der Waals surface area contributed by atoms with Crippen LogP contribution in [0.5, 0.6) is 0 Å². The Morgan fingerprint density at radius 2 is 2.00 bits per heavy atom. The Kier molecular flexibility index (Phi) is 3.77. The van der Waals surface area contributed by atoms with Crippen molar-refractivity contribution in [1.82, 2.24) is 30.1 Å². The lowest BCUT2D eigenvalue weighted by Gasteiger charge is -2.15. The minimum atomic E-state index is -0.299. The van der Waals surface area contributed by atoms with Gasteiger partial charge < -0.3 is 4.90 Å². The van der Waals surface area contributed by atoms with E-state index >= 15 is 0 Å². The molecule has 1 saturated heterocycles. The van der Waals surface area contributed by atoms with E-state index in [4.69, 9.17) is 0 Å². The zero-order chi connectivity index (χ0) is 18.4. The van der Waals surface area contributed by atoms with Crippen LogP contribution >= 0.6 is 0 Å². The van der Waals surface area contributed by atoms with E-state index in [2.05, 4.69) is 20.5 Å². The lowest BCUT2D eigenvalue weighted by molar-refractivity contribution is 0.0781. The maximum Gasteiger partial charge on any atom is 0.271 e. The van der Waals surface area contributed by atoms with Gasteiger partial charge in [0.2, 0.25) is 0 Å². The Morgan fingerprint density at radius 3 is 2.78 bits per heavy atom. The van der Waals surface area contributed by atoms with Gasteiger partial charge in [-0.15, -0.1) is 5.10 Å². The van der Waals surface area contributed by atoms with Crippen LogP contribution in [0.15, 0.2) is 36.5 Å². The molecule has 0 radical (unpaired) electrons. The summed E-state index contributed by atoms with van der Waals surface area (Å²) in [7, 11) is 0. The lowest BCUT2D eigenvalue weighted by Crippen LogP contribution is -2.29. The van der Waals surface area contributed by atoms with Gasteiger partial charge in [-0.1, -0.05) is 5.21 Å². The second kappa shape index (κ2) is 6.29. The van der Waals surface area contributed by atoms with Crippen LogP contribution in [0.25, 0.3) is 11.3 Å². The van der Waals surface area contributed by atoms with E-state index in [0.29, 0.717) is 30.4 Å². The Labute approximate surface area is 155 Å². The summed E-state index contributed by atoms with van der Waals surface area (Å²) in [5, 5.41) is 15.5. The van der Waals surface area contributed by atoms with E-state index in [1.807, 2.05) is 15.8 Å². The molecule has 138 valence electrons. The quantitative estimate of drug-likeness (QED) is 0.770. The summed E-state index contributed by atoms with van der Waals surface area (Å²) in [6.45, 7) is 1.28. The number of amides is 1. The molecule has 1 saturated carbocycles. The summed E-state index contributed by atoms with van der Waals surface area (Å²) in [6.07, 6.45) is 5.28. The van der Waals surface area contributed by atoms with Gasteiger partial charge in [-0.2, -0.15) is 5.10 Å². The molecule has 3 aromatic rings. The lowest BCUT2D eigenvalue weighted by atomic mass is 10.1. The molecule has 1 N–H and O–H groups in total. The third-order valence-electron chi connectivity index (χ3n) is 5.30. The van der Waals surface area contributed by atoms with E-state index in [0.717, 1.165) is 17.7 Å². The van der Waals surface area contributed by atoms with Gasteiger partial charge in [-0.25, -0.2) is 9.07 Å². The molecular weight excluding hydrogens is 347 g/mol. The molecule has 1 atom stereocenters. The number of hydrogen-bond acceptors (Lipinski definition) is 4. The summed E-state index contributed by atoms with van der Waals surface area (Å²) in [5.74, 6) is 0.195. The Hall–Kier alpha value is -3.03. The fraction of sp³-hybridized carbons (Fsp3) is 0.368. The highest BCUT2D eigenvalue weighted by Crippen LogP contribution is 2.39. The van der Waals surface area contributed by atoms with Gasteiger partial charge in [0, 0.05) is 30.8 Å². The van der Waals surface area contributed by atoms with Crippen molar-refractivity contribution in [3.05, 3.63) is 53.7 Å². The number of hydrogen-bond donors (Lipinski definition) is 1. The van der Waals surface area contributed by atoms with Gasteiger partial charge in [0.25, 0.3) is 5.91 Å². The predicted octanol–water partition coefficient (Wildman–Crippen LogP) is 2.77. The first-order valence-electron chi connectivity index (χ1n) is 9.20. The van der Waals surface area contributed by atoms with Crippen molar-refractivity contribution in [2.45, 2.75) is 31.2 Å². The third kappa shape index (κ3) is 3.11. The van der Waals surface area contributed by atoms with Gasteiger partial charge in [-0.05, 0) is 49.6 Å². The maximum absolute atomic E-state index is 13.1. The number of aromatic nitrogens is 5. The van der Waals surface area contributed by atoms with Gasteiger partial charge in [0.05, 0.1) is 17.4 Å². The van der Waals surface area contributed by atoms with E-state index in [-0.39, 0.29) is 17.8 Å². The summed E-state index contributed by atoms with van der Waals surface area (Å²) < 4.78 is 15.0. The smallest absolute Gasteiger partial charge is 0.271 e. The molecule has 7 nitrogen and oxygen atoms in total. The van der Waals surface area contributed by atoms with Crippen LogP contribution < -0.4 is 0 Å². The highest BCUT2D eigenvalue weighted by atomic mass is 19.1. The molecular formula is C19H19FN6O. The van der Waals surface area contributed by atoms with E-state index in [9.17, 15) is 9.18 Å². The van der Waals surface area contributed by atoms with Crippen molar-refractivity contribution < 1.29 is 9.18 Å². The number of H-pyrrole nitrogens is 1. The van der Waals surface area contributed by atoms with Crippen molar-refractivity contribution in [3.63, 3.8) is 0 Å². The van der Waals surface area contributed by atoms with Crippen LogP contribution in [0.4, 0.5) is 4.39 Å². The van der Waals surface area contributed by atoms with Gasteiger partial charge >= 0.3 is 0 Å². The van der Waals surface area contributed by atoms with Crippen LogP contribution in [-0.4, -0.2) is 49.1 Å². The van der Waals surface area contributed by atoms with E-state index < -0.39 is 0 Å². The highest BCUT2D eigenvalue weighted by molar-refractivity contribution is 5.93. The second-order valence-corrected chi connectivity index (χ2v) is 7.27. The van der Waals surface area contributed by atoms with Crippen molar-refractivity contribution in [1.29, 1.82) is 0 Å². The molecule has 5 rings (SSSR count). The minimum absolute atomic E-state index is 0.0825. The SMILES string of the molecule is O=C(c1cc(-c2ccc(F)cc2)n[nH]1)N1CC[C@H](n2cc(C3CC3)nn2)C1. The van der Waals surface area contributed by atoms with E-state index in [1.54, 1.807) is 18.2 Å². The first-order valence-corrected chi connectivity index (χ1v) is 9.20. The average Bonchev–Trinajstić information content (AvgIpc) is 3.10. The van der Waals surface area contributed by atoms with Crippen molar-refractivity contribution in [2.24, 2.45) is 0 Å². The Bertz CT molecular complexity index is 974. The Balaban J connectivity index is 1.28. The third-order valence-corrected chi connectivity index (χ3v) is 5.30. The fourth-order valence-corrected chi connectivity index (χ4v) is 3.55. The number of carbonyl (C=O) groups is 1. The molecule has 2 aromatic heterocycles. The van der Waals surface area contributed by atoms with Crippen molar-refractivity contribution in [3.8, 4) is 11.3 Å². The number of rotatable bonds is 4. The molecule has 0 unspecified atom stereocenters. The molecule has 2 fully saturated rings. The van der Waals surface area contributed by atoms with Gasteiger partial charge in [-0.3, -0.25) is 9.89 Å².